The lowest BCUT2D eigenvalue weighted by atomic mass is 10.2. The van der Waals surface area contributed by atoms with Gasteiger partial charge in [0, 0.05) is 19.6 Å². The van der Waals surface area contributed by atoms with Crippen LogP contribution in [0.3, 0.4) is 0 Å². The Labute approximate surface area is 210 Å². The zero-order valence-corrected chi connectivity index (χ0v) is 23.0. The molecule has 0 N–H and O–H groups in total. The van der Waals surface area contributed by atoms with E-state index in [1.807, 2.05) is 56.0 Å². The summed E-state index contributed by atoms with van der Waals surface area (Å²) < 4.78 is 16.4. The zero-order valence-electron chi connectivity index (χ0n) is 23.0. The molecular weight excluding hydrogens is 448 g/mol. The summed E-state index contributed by atoms with van der Waals surface area (Å²) in [6.07, 6.45) is 0. The normalized spacial score (nSPS) is 12.5. The van der Waals surface area contributed by atoms with Crippen molar-refractivity contribution in [2.45, 2.75) is 85.7 Å². The summed E-state index contributed by atoms with van der Waals surface area (Å²) in [6.45, 7) is 17.5. The molecule has 0 aliphatic rings. The fourth-order valence-corrected chi connectivity index (χ4v) is 3.22. The van der Waals surface area contributed by atoms with Gasteiger partial charge < -0.3 is 14.2 Å². The summed E-state index contributed by atoms with van der Waals surface area (Å²) in [4.78, 5) is 41.2. The molecule has 1 rings (SSSR count). The first-order chi connectivity index (χ1) is 15.9. The van der Waals surface area contributed by atoms with Crippen molar-refractivity contribution in [1.82, 2.24) is 9.80 Å². The molecule has 8 nitrogen and oxygen atoms in total. The molecule has 0 aliphatic heterocycles. The largest absolute Gasteiger partial charge is 0.459 e. The van der Waals surface area contributed by atoms with E-state index in [0.29, 0.717) is 19.6 Å². The van der Waals surface area contributed by atoms with Crippen molar-refractivity contribution in [3.05, 3.63) is 35.9 Å². The fourth-order valence-electron chi connectivity index (χ4n) is 3.22. The van der Waals surface area contributed by atoms with Crippen LogP contribution < -0.4 is 0 Å². The number of nitrogens with zero attached hydrogens (tertiary/aromatic N) is 2. The quantitative estimate of drug-likeness (QED) is 0.341. The molecule has 35 heavy (non-hydrogen) atoms. The molecule has 0 spiro atoms. The molecule has 0 aliphatic carbocycles. The van der Waals surface area contributed by atoms with Crippen LogP contribution in [0, 0.1) is 0 Å². The second-order valence-corrected chi connectivity index (χ2v) is 11.7. The summed E-state index contributed by atoms with van der Waals surface area (Å²) >= 11 is 0. The van der Waals surface area contributed by atoms with E-state index in [-0.39, 0.29) is 25.6 Å². The van der Waals surface area contributed by atoms with Crippen LogP contribution in [0.25, 0.3) is 0 Å². The molecule has 0 radical (unpaired) electrons. The maximum Gasteiger partial charge on any atom is 0.320 e. The maximum atomic E-state index is 12.5. The zero-order chi connectivity index (χ0) is 26.9. The van der Waals surface area contributed by atoms with Crippen molar-refractivity contribution in [2.75, 3.05) is 32.7 Å². The fraction of sp³-hybridized carbons (Fsp3) is 0.667. The van der Waals surface area contributed by atoms with E-state index in [1.165, 1.54) is 0 Å². The van der Waals surface area contributed by atoms with E-state index < -0.39 is 28.7 Å². The van der Waals surface area contributed by atoms with Crippen LogP contribution in [0.1, 0.15) is 67.9 Å². The smallest absolute Gasteiger partial charge is 0.320 e. The van der Waals surface area contributed by atoms with Gasteiger partial charge >= 0.3 is 17.9 Å². The molecule has 0 aromatic heterocycles. The summed E-state index contributed by atoms with van der Waals surface area (Å²) in [5.74, 6) is -1.19. The number of carbonyl (C=O) groups is 3. The monoisotopic (exact) mass is 492 g/mol. The Hall–Kier alpha value is -2.45. The van der Waals surface area contributed by atoms with Crippen LogP contribution in [-0.4, -0.2) is 77.2 Å². The minimum Gasteiger partial charge on any atom is -0.459 e. The van der Waals surface area contributed by atoms with Crippen molar-refractivity contribution < 1.29 is 28.6 Å². The number of hydrogen-bond donors (Lipinski definition) is 0. The molecule has 0 saturated carbocycles. The highest BCUT2D eigenvalue weighted by atomic mass is 16.6. The van der Waals surface area contributed by atoms with Gasteiger partial charge in [-0.15, -0.1) is 0 Å². The van der Waals surface area contributed by atoms with Gasteiger partial charge in [-0.25, -0.2) is 0 Å². The van der Waals surface area contributed by atoms with Crippen LogP contribution in [-0.2, 0) is 35.1 Å². The summed E-state index contributed by atoms with van der Waals surface area (Å²) in [5.41, 5.74) is -0.813. The molecule has 0 fully saturated rings. The van der Waals surface area contributed by atoms with Gasteiger partial charge in [0.1, 0.15) is 16.8 Å². The Morgan fingerprint density at radius 3 is 1.31 bits per heavy atom. The Balaban J connectivity index is 2.96. The minimum absolute atomic E-state index is 0.0673. The second kappa shape index (κ2) is 13.0. The van der Waals surface area contributed by atoms with E-state index in [2.05, 4.69) is 0 Å². The number of esters is 3. The average Bonchev–Trinajstić information content (AvgIpc) is 2.62. The standard InChI is InChI=1S/C27H44N2O6/c1-25(2,3)33-22(30)18-28(17-21-13-11-10-12-14-21)15-16-29(19-23(31)34-26(4,5)6)20-24(32)35-27(7,8)9/h10-14H,15-20H2,1-9H3. The maximum absolute atomic E-state index is 12.5. The third-order valence-corrected chi connectivity index (χ3v) is 4.30. The number of hydrogen-bond acceptors (Lipinski definition) is 8. The van der Waals surface area contributed by atoms with Crippen LogP contribution in [0.4, 0.5) is 0 Å². The van der Waals surface area contributed by atoms with E-state index in [1.54, 1.807) is 46.4 Å². The lowest BCUT2D eigenvalue weighted by molar-refractivity contribution is -0.161. The van der Waals surface area contributed by atoms with Gasteiger partial charge in [-0.05, 0) is 67.9 Å². The van der Waals surface area contributed by atoms with E-state index in [4.69, 9.17) is 14.2 Å². The summed E-state index contributed by atoms with van der Waals surface area (Å²) in [6, 6.07) is 9.80. The summed E-state index contributed by atoms with van der Waals surface area (Å²) in [5, 5.41) is 0. The molecule has 1 aromatic carbocycles. The molecule has 0 atom stereocenters. The third kappa shape index (κ3) is 16.0. The van der Waals surface area contributed by atoms with Gasteiger partial charge in [0.25, 0.3) is 0 Å². The van der Waals surface area contributed by atoms with Gasteiger partial charge in [0.05, 0.1) is 19.6 Å². The summed E-state index contributed by atoms with van der Waals surface area (Å²) in [7, 11) is 0. The lowest BCUT2D eigenvalue weighted by Gasteiger charge is -2.29. The highest BCUT2D eigenvalue weighted by molar-refractivity contribution is 5.75. The third-order valence-electron chi connectivity index (χ3n) is 4.30. The molecule has 0 amide bonds. The topological polar surface area (TPSA) is 85.4 Å². The van der Waals surface area contributed by atoms with Crippen LogP contribution in [0.15, 0.2) is 30.3 Å². The Bertz CT molecular complexity index is 789. The van der Waals surface area contributed by atoms with Crippen LogP contribution in [0.2, 0.25) is 0 Å². The van der Waals surface area contributed by atoms with Crippen molar-refractivity contribution >= 4 is 17.9 Å². The highest BCUT2D eigenvalue weighted by Crippen LogP contribution is 2.12. The number of rotatable bonds is 11. The predicted molar refractivity (Wildman–Crippen MR) is 136 cm³/mol. The van der Waals surface area contributed by atoms with Gasteiger partial charge in [-0.3, -0.25) is 24.2 Å². The van der Waals surface area contributed by atoms with Crippen LogP contribution >= 0.6 is 0 Å². The Kier molecular flexibility index (Phi) is 11.4. The second-order valence-electron chi connectivity index (χ2n) is 11.7. The van der Waals surface area contributed by atoms with Crippen molar-refractivity contribution in [2.24, 2.45) is 0 Å². The van der Waals surface area contributed by atoms with Gasteiger partial charge in [0.15, 0.2) is 0 Å². The Morgan fingerprint density at radius 1 is 0.600 bits per heavy atom. The van der Waals surface area contributed by atoms with Gasteiger partial charge in [-0.2, -0.15) is 0 Å². The lowest BCUT2D eigenvalue weighted by Crippen LogP contribution is -2.44. The number of ether oxygens (including phenoxy) is 3. The minimum atomic E-state index is -0.634. The predicted octanol–water partition coefficient (Wildman–Crippen LogP) is 3.82. The number of carbonyl (C=O) groups excluding carboxylic acids is 3. The van der Waals surface area contributed by atoms with E-state index in [0.717, 1.165) is 5.56 Å². The highest BCUT2D eigenvalue weighted by Gasteiger charge is 2.25. The molecule has 0 heterocycles. The first-order valence-corrected chi connectivity index (χ1v) is 12.1. The van der Waals surface area contributed by atoms with Crippen molar-refractivity contribution in [3.63, 3.8) is 0 Å². The molecule has 198 valence electrons. The number of benzene rings is 1. The first-order valence-electron chi connectivity index (χ1n) is 12.1. The van der Waals surface area contributed by atoms with Crippen molar-refractivity contribution in [3.8, 4) is 0 Å². The molecule has 0 unspecified atom stereocenters. The van der Waals surface area contributed by atoms with E-state index in [9.17, 15) is 14.4 Å². The van der Waals surface area contributed by atoms with Crippen molar-refractivity contribution in [1.29, 1.82) is 0 Å². The first kappa shape index (κ1) is 30.6. The van der Waals surface area contributed by atoms with E-state index >= 15 is 0 Å². The molecule has 0 saturated heterocycles. The van der Waals surface area contributed by atoms with Gasteiger partial charge in [0.2, 0.25) is 0 Å². The Morgan fingerprint density at radius 2 is 0.943 bits per heavy atom. The average molecular weight is 493 g/mol. The molecule has 8 heteroatoms. The molecule has 0 bridgehead atoms. The van der Waals surface area contributed by atoms with Crippen LogP contribution in [0.5, 0.6) is 0 Å². The van der Waals surface area contributed by atoms with Gasteiger partial charge in [-0.1, -0.05) is 30.3 Å². The molecular formula is C27H44N2O6. The molecule has 1 aromatic rings. The SMILES string of the molecule is CC(C)(C)OC(=O)CN(CCN(CC(=O)OC(C)(C)C)Cc1ccccc1)CC(=O)OC(C)(C)C.